The quantitative estimate of drug-likeness (QED) is 0.762. The average molecular weight is 339 g/mol. The Morgan fingerprint density at radius 1 is 1.28 bits per heavy atom. The molecule has 0 aliphatic carbocycles. The lowest BCUT2D eigenvalue weighted by Crippen LogP contribution is -2.40. The minimum absolute atomic E-state index is 0.245. The van der Waals surface area contributed by atoms with Gasteiger partial charge in [-0.15, -0.1) is 0 Å². The summed E-state index contributed by atoms with van der Waals surface area (Å²) < 4.78 is 17.0. The Bertz CT molecular complexity index is 899. The number of fused-ring (bicyclic) bond motifs is 1. The minimum atomic E-state index is -0.284. The molecule has 0 saturated carbocycles. The molecule has 25 heavy (non-hydrogen) atoms. The standard InChI is InChI=1S/C18H17N3O4/c1-11-6-7-15(24-11)13-8-14(21-20-13)18(22)19-9-12-10-23-16-4-2-3-5-17(16)25-12/h2-8,12H,9-10H2,1H3,(H,19,22)(H,20,21)/t12-/m0/s1. The van der Waals surface area contributed by atoms with Crippen molar-refractivity contribution in [2.45, 2.75) is 13.0 Å². The largest absolute Gasteiger partial charge is 0.486 e. The Morgan fingerprint density at radius 3 is 2.92 bits per heavy atom. The number of carbonyl (C=O) groups excluding carboxylic acids is 1. The van der Waals surface area contributed by atoms with E-state index in [0.717, 1.165) is 11.5 Å². The summed E-state index contributed by atoms with van der Waals surface area (Å²) in [7, 11) is 0. The number of benzene rings is 1. The minimum Gasteiger partial charge on any atom is -0.486 e. The van der Waals surface area contributed by atoms with Crippen molar-refractivity contribution in [2.24, 2.45) is 0 Å². The SMILES string of the molecule is Cc1ccc(-c2cc(C(=O)NC[C@H]3COc4ccccc4O3)n[nH]2)o1. The van der Waals surface area contributed by atoms with Crippen LogP contribution in [0.3, 0.4) is 0 Å². The number of furan rings is 1. The van der Waals surface area contributed by atoms with Crippen LogP contribution in [-0.2, 0) is 0 Å². The molecule has 4 rings (SSSR count). The lowest BCUT2D eigenvalue weighted by atomic mass is 10.2. The lowest BCUT2D eigenvalue weighted by Gasteiger charge is -2.26. The van der Waals surface area contributed by atoms with E-state index in [-0.39, 0.29) is 12.0 Å². The highest BCUT2D eigenvalue weighted by Crippen LogP contribution is 2.30. The van der Waals surface area contributed by atoms with Crippen molar-refractivity contribution in [2.75, 3.05) is 13.2 Å². The van der Waals surface area contributed by atoms with Crippen LogP contribution in [0.25, 0.3) is 11.5 Å². The fourth-order valence-corrected chi connectivity index (χ4v) is 2.60. The normalized spacial score (nSPS) is 15.8. The fraction of sp³-hybridized carbons (Fsp3) is 0.222. The highest BCUT2D eigenvalue weighted by Gasteiger charge is 2.22. The van der Waals surface area contributed by atoms with Crippen molar-refractivity contribution >= 4 is 5.91 Å². The van der Waals surface area contributed by atoms with E-state index in [1.54, 1.807) is 6.07 Å². The number of nitrogens with zero attached hydrogens (tertiary/aromatic N) is 1. The van der Waals surface area contributed by atoms with Gasteiger partial charge in [-0.05, 0) is 31.2 Å². The molecule has 0 bridgehead atoms. The molecule has 1 atom stereocenters. The summed E-state index contributed by atoms with van der Waals surface area (Å²) in [6.07, 6.45) is -0.245. The number of para-hydroxylation sites is 2. The van der Waals surface area contributed by atoms with Crippen LogP contribution in [0.2, 0.25) is 0 Å². The summed E-state index contributed by atoms with van der Waals surface area (Å²) in [5, 5.41) is 9.65. The molecule has 0 radical (unpaired) electrons. The highest BCUT2D eigenvalue weighted by atomic mass is 16.6. The van der Waals surface area contributed by atoms with E-state index in [1.807, 2.05) is 43.3 Å². The van der Waals surface area contributed by atoms with Crippen LogP contribution < -0.4 is 14.8 Å². The van der Waals surface area contributed by atoms with Gasteiger partial charge in [0.25, 0.3) is 5.91 Å². The van der Waals surface area contributed by atoms with Gasteiger partial charge >= 0.3 is 0 Å². The first-order valence-electron chi connectivity index (χ1n) is 7.98. The maximum absolute atomic E-state index is 12.3. The Morgan fingerprint density at radius 2 is 2.12 bits per heavy atom. The molecule has 1 amide bonds. The van der Waals surface area contributed by atoms with Crippen molar-refractivity contribution in [3.8, 4) is 23.0 Å². The molecule has 128 valence electrons. The number of ether oxygens (including phenoxy) is 2. The number of amides is 1. The Kier molecular flexibility index (Phi) is 3.89. The van der Waals surface area contributed by atoms with E-state index in [1.165, 1.54) is 0 Å². The smallest absolute Gasteiger partial charge is 0.271 e. The van der Waals surface area contributed by atoms with Crippen LogP contribution in [0.4, 0.5) is 0 Å². The molecule has 7 nitrogen and oxygen atoms in total. The number of aryl methyl sites for hydroxylation is 1. The Hall–Kier alpha value is -3.22. The number of carbonyl (C=O) groups is 1. The lowest BCUT2D eigenvalue weighted by molar-refractivity contribution is 0.0786. The Labute approximate surface area is 143 Å². The summed E-state index contributed by atoms with van der Waals surface area (Å²) >= 11 is 0. The molecule has 2 N–H and O–H groups in total. The predicted molar refractivity (Wildman–Crippen MR) is 89.7 cm³/mol. The van der Waals surface area contributed by atoms with Gasteiger partial charge < -0.3 is 19.2 Å². The van der Waals surface area contributed by atoms with E-state index in [4.69, 9.17) is 13.9 Å². The van der Waals surface area contributed by atoms with Crippen molar-refractivity contribution in [3.05, 3.63) is 53.9 Å². The second kappa shape index (κ2) is 6.35. The summed E-state index contributed by atoms with van der Waals surface area (Å²) in [5.74, 6) is 2.56. The second-order valence-electron chi connectivity index (χ2n) is 5.78. The monoisotopic (exact) mass is 339 g/mol. The molecular weight excluding hydrogens is 322 g/mol. The van der Waals surface area contributed by atoms with Gasteiger partial charge in [-0.25, -0.2) is 0 Å². The van der Waals surface area contributed by atoms with Crippen molar-refractivity contribution < 1.29 is 18.7 Å². The first kappa shape index (κ1) is 15.3. The van der Waals surface area contributed by atoms with E-state index >= 15 is 0 Å². The molecule has 1 aliphatic rings. The van der Waals surface area contributed by atoms with Crippen LogP contribution in [0.5, 0.6) is 11.5 Å². The van der Waals surface area contributed by atoms with Gasteiger partial charge in [0.2, 0.25) is 0 Å². The van der Waals surface area contributed by atoms with Gasteiger partial charge in [0, 0.05) is 6.07 Å². The third kappa shape index (κ3) is 3.21. The topological polar surface area (TPSA) is 89.4 Å². The molecule has 2 aromatic heterocycles. The number of hydrogen-bond acceptors (Lipinski definition) is 5. The van der Waals surface area contributed by atoms with Gasteiger partial charge in [-0.3, -0.25) is 9.89 Å². The number of hydrogen-bond donors (Lipinski definition) is 2. The maximum atomic E-state index is 12.3. The molecule has 1 aliphatic heterocycles. The van der Waals surface area contributed by atoms with Crippen molar-refractivity contribution in [1.29, 1.82) is 0 Å². The Balaban J connectivity index is 1.36. The number of H-pyrrole nitrogens is 1. The fourth-order valence-electron chi connectivity index (χ4n) is 2.60. The predicted octanol–water partition coefficient (Wildman–Crippen LogP) is 2.55. The van der Waals surface area contributed by atoms with Gasteiger partial charge in [0.15, 0.2) is 23.0 Å². The van der Waals surface area contributed by atoms with Gasteiger partial charge in [-0.2, -0.15) is 5.10 Å². The van der Waals surface area contributed by atoms with Crippen molar-refractivity contribution in [1.82, 2.24) is 15.5 Å². The molecule has 0 saturated heterocycles. The van der Waals surface area contributed by atoms with Crippen LogP contribution in [-0.4, -0.2) is 35.4 Å². The molecule has 3 heterocycles. The number of aromatic amines is 1. The first-order chi connectivity index (χ1) is 12.2. The molecule has 7 heteroatoms. The average Bonchev–Trinajstić information content (AvgIpc) is 3.28. The molecular formula is C18H17N3O4. The second-order valence-corrected chi connectivity index (χ2v) is 5.78. The number of nitrogens with one attached hydrogen (secondary N) is 2. The zero-order chi connectivity index (χ0) is 17.2. The third-order valence-electron chi connectivity index (χ3n) is 3.87. The molecule has 0 unspecified atom stereocenters. The molecule has 0 spiro atoms. The summed E-state index contributed by atoms with van der Waals surface area (Å²) in [6.45, 7) is 2.57. The van der Waals surface area contributed by atoms with Gasteiger partial charge in [0.1, 0.15) is 24.2 Å². The molecule has 1 aromatic carbocycles. The van der Waals surface area contributed by atoms with E-state index < -0.39 is 0 Å². The first-order valence-corrected chi connectivity index (χ1v) is 7.98. The van der Waals surface area contributed by atoms with E-state index in [9.17, 15) is 4.79 Å². The number of rotatable bonds is 4. The maximum Gasteiger partial charge on any atom is 0.271 e. The van der Waals surface area contributed by atoms with Crippen molar-refractivity contribution in [3.63, 3.8) is 0 Å². The molecule has 3 aromatic rings. The third-order valence-corrected chi connectivity index (χ3v) is 3.87. The van der Waals surface area contributed by atoms with Gasteiger partial charge in [-0.1, -0.05) is 12.1 Å². The zero-order valence-corrected chi connectivity index (χ0v) is 13.6. The summed E-state index contributed by atoms with van der Waals surface area (Å²) in [6, 6.07) is 12.8. The van der Waals surface area contributed by atoms with Crippen LogP contribution in [0.1, 0.15) is 16.2 Å². The number of aromatic nitrogens is 2. The molecule has 0 fully saturated rings. The zero-order valence-electron chi connectivity index (χ0n) is 13.6. The van der Waals surface area contributed by atoms with Crippen LogP contribution >= 0.6 is 0 Å². The highest BCUT2D eigenvalue weighted by molar-refractivity contribution is 5.93. The van der Waals surface area contributed by atoms with E-state index in [2.05, 4.69) is 15.5 Å². The van der Waals surface area contributed by atoms with Crippen LogP contribution in [0, 0.1) is 6.92 Å². The van der Waals surface area contributed by atoms with E-state index in [0.29, 0.717) is 36.0 Å². The summed E-state index contributed by atoms with van der Waals surface area (Å²) in [4.78, 5) is 12.3. The van der Waals surface area contributed by atoms with Crippen LogP contribution in [0.15, 0.2) is 46.9 Å². The summed E-state index contributed by atoms with van der Waals surface area (Å²) in [5.41, 5.74) is 0.950. The van der Waals surface area contributed by atoms with Gasteiger partial charge in [0.05, 0.1) is 6.54 Å².